The van der Waals surface area contributed by atoms with Gasteiger partial charge in [0.05, 0.1) is 10.8 Å². The molecule has 0 bridgehead atoms. The molecular formula is C11H12BrNO4S. The number of carbonyl (C=O) groups is 1. The number of halogens is 1. The molecule has 18 heavy (non-hydrogen) atoms. The number of nitrogens with zero attached hydrogens (tertiary/aromatic N) is 1. The average Bonchev–Trinajstić information content (AvgIpc) is 2.79. The Morgan fingerprint density at radius 1 is 1.44 bits per heavy atom. The first-order valence-electron chi connectivity index (χ1n) is 5.40. The van der Waals surface area contributed by atoms with Crippen LogP contribution in [0.1, 0.15) is 6.42 Å². The first-order valence-corrected chi connectivity index (χ1v) is 7.63. The Kier molecular flexibility index (Phi) is 3.74. The first-order chi connectivity index (χ1) is 8.41. The monoisotopic (exact) mass is 333 g/mol. The smallest absolute Gasteiger partial charge is 0.307 e. The van der Waals surface area contributed by atoms with Gasteiger partial charge in [0.25, 0.3) is 0 Å². The summed E-state index contributed by atoms with van der Waals surface area (Å²) in [5.41, 5.74) is 0. The number of sulfonamides is 1. The van der Waals surface area contributed by atoms with E-state index in [4.69, 9.17) is 5.11 Å². The van der Waals surface area contributed by atoms with Crippen LogP contribution in [0.5, 0.6) is 0 Å². The quantitative estimate of drug-likeness (QED) is 0.910. The highest BCUT2D eigenvalue weighted by Crippen LogP contribution is 2.25. The maximum absolute atomic E-state index is 12.3. The third-order valence-electron chi connectivity index (χ3n) is 2.93. The van der Waals surface area contributed by atoms with Crippen molar-refractivity contribution in [3.63, 3.8) is 0 Å². The molecule has 0 amide bonds. The molecule has 1 fully saturated rings. The van der Waals surface area contributed by atoms with Crippen LogP contribution < -0.4 is 0 Å². The van der Waals surface area contributed by atoms with E-state index in [1.54, 1.807) is 12.1 Å². The van der Waals surface area contributed by atoms with Crippen molar-refractivity contribution in [2.45, 2.75) is 11.3 Å². The van der Waals surface area contributed by atoms with Crippen LogP contribution in [0.4, 0.5) is 0 Å². The molecule has 0 spiro atoms. The predicted octanol–water partition coefficient (Wildman–Crippen LogP) is 1.54. The molecule has 1 atom stereocenters. The largest absolute Gasteiger partial charge is 0.481 e. The van der Waals surface area contributed by atoms with Gasteiger partial charge in [0.1, 0.15) is 0 Å². The third-order valence-corrected chi connectivity index (χ3v) is 5.29. The Balaban J connectivity index is 2.25. The molecule has 1 aromatic carbocycles. The summed E-state index contributed by atoms with van der Waals surface area (Å²) < 4.78 is 26.4. The summed E-state index contributed by atoms with van der Waals surface area (Å²) in [6.07, 6.45) is 0.364. The molecule has 5 nitrogen and oxygen atoms in total. The van der Waals surface area contributed by atoms with Crippen LogP contribution in [0.25, 0.3) is 0 Å². The Labute approximate surface area is 114 Å². The molecule has 0 saturated carbocycles. The number of rotatable bonds is 3. The van der Waals surface area contributed by atoms with Gasteiger partial charge in [0.15, 0.2) is 0 Å². The van der Waals surface area contributed by atoms with E-state index in [2.05, 4.69) is 15.9 Å². The highest BCUT2D eigenvalue weighted by Gasteiger charge is 2.35. The van der Waals surface area contributed by atoms with Crippen LogP contribution in [0.3, 0.4) is 0 Å². The summed E-state index contributed by atoms with van der Waals surface area (Å²) in [5.74, 6) is -1.55. The van der Waals surface area contributed by atoms with Crippen molar-refractivity contribution >= 4 is 31.9 Å². The summed E-state index contributed by atoms with van der Waals surface area (Å²) in [7, 11) is -3.59. The van der Waals surface area contributed by atoms with E-state index in [1.807, 2.05) is 0 Å². The lowest BCUT2D eigenvalue weighted by Gasteiger charge is -2.16. The van der Waals surface area contributed by atoms with Crippen LogP contribution in [0.15, 0.2) is 33.6 Å². The molecule has 1 heterocycles. The Bertz CT molecular complexity index is 572. The number of carboxylic acids is 1. The molecule has 1 N–H and O–H groups in total. The lowest BCUT2D eigenvalue weighted by atomic mass is 10.1. The first kappa shape index (κ1) is 13.5. The maximum Gasteiger partial charge on any atom is 0.307 e. The number of hydrogen-bond acceptors (Lipinski definition) is 3. The van der Waals surface area contributed by atoms with E-state index in [0.29, 0.717) is 10.9 Å². The van der Waals surface area contributed by atoms with Gasteiger partial charge in [-0.25, -0.2) is 8.42 Å². The second kappa shape index (κ2) is 4.99. The minimum Gasteiger partial charge on any atom is -0.481 e. The molecule has 1 unspecified atom stereocenters. The maximum atomic E-state index is 12.3. The van der Waals surface area contributed by atoms with Crippen molar-refractivity contribution in [1.29, 1.82) is 0 Å². The van der Waals surface area contributed by atoms with E-state index in [0.717, 1.165) is 0 Å². The summed E-state index contributed by atoms with van der Waals surface area (Å²) >= 11 is 3.22. The second-order valence-electron chi connectivity index (χ2n) is 4.14. The highest BCUT2D eigenvalue weighted by atomic mass is 79.9. The van der Waals surface area contributed by atoms with Gasteiger partial charge in [0.2, 0.25) is 10.0 Å². The molecule has 0 radical (unpaired) electrons. The van der Waals surface area contributed by atoms with Gasteiger partial charge in [-0.05, 0) is 24.6 Å². The van der Waals surface area contributed by atoms with Crippen molar-refractivity contribution in [3.05, 3.63) is 28.7 Å². The van der Waals surface area contributed by atoms with Crippen LogP contribution in [0.2, 0.25) is 0 Å². The Hall–Kier alpha value is -0.920. The second-order valence-corrected chi connectivity index (χ2v) is 7.00. The summed E-state index contributed by atoms with van der Waals surface area (Å²) in [6.45, 7) is 0.302. The summed E-state index contributed by atoms with van der Waals surface area (Å²) in [6, 6.07) is 6.41. The van der Waals surface area contributed by atoms with Crippen LogP contribution in [-0.4, -0.2) is 36.9 Å². The molecule has 1 saturated heterocycles. The van der Waals surface area contributed by atoms with Gasteiger partial charge in [0, 0.05) is 17.6 Å². The molecule has 1 aliphatic rings. The molecule has 98 valence electrons. The lowest BCUT2D eigenvalue weighted by molar-refractivity contribution is -0.141. The van der Waals surface area contributed by atoms with Gasteiger partial charge in [-0.1, -0.05) is 22.0 Å². The zero-order valence-electron chi connectivity index (χ0n) is 9.41. The van der Waals surface area contributed by atoms with Crippen LogP contribution >= 0.6 is 15.9 Å². The molecular weight excluding hydrogens is 322 g/mol. The van der Waals surface area contributed by atoms with E-state index in [-0.39, 0.29) is 18.0 Å². The fourth-order valence-corrected chi connectivity index (χ4v) is 4.02. The molecule has 0 aliphatic carbocycles. The summed E-state index contributed by atoms with van der Waals surface area (Å²) in [5, 5.41) is 8.88. The number of benzene rings is 1. The summed E-state index contributed by atoms with van der Waals surface area (Å²) in [4.78, 5) is 11.0. The number of hydrogen-bond donors (Lipinski definition) is 1. The van der Waals surface area contributed by atoms with Gasteiger partial charge >= 0.3 is 5.97 Å². The standard InChI is InChI=1S/C11H12BrNO4S/c12-9-2-1-3-10(6-9)18(16,17)13-5-4-8(7-13)11(14)15/h1-3,6,8H,4-5,7H2,(H,14,15). The van der Waals surface area contributed by atoms with E-state index >= 15 is 0 Å². The molecule has 0 aromatic heterocycles. The van der Waals surface area contributed by atoms with E-state index in [9.17, 15) is 13.2 Å². The zero-order chi connectivity index (χ0) is 13.3. The van der Waals surface area contributed by atoms with Crippen LogP contribution in [-0.2, 0) is 14.8 Å². The lowest BCUT2D eigenvalue weighted by Crippen LogP contribution is -2.30. The van der Waals surface area contributed by atoms with Crippen molar-refractivity contribution in [3.8, 4) is 0 Å². The number of aliphatic carboxylic acids is 1. The van der Waals surface area contributed by atoms with Crippen LogP contribution in [0, 0.1) is 5.92 Å². The Morgan fingerprint density at radius 2 is 2.17 bits per heavy atom. The average molecular weight is 334 g/mol. The fourth-order valence-electron chi connectivity index (χ4n) is 1.92. The number of carboxylic acid groups (broad SMARTS) is 1. The van der Waals surface area contributed by atoms with Gasteiger partial charge in [-0.15, -0.1) is 0 Å². The molecule has 1 aliphatic heterocycles. The van der Waals surface area contributed by atoms with Crippen molar-refractivity contribution in [2.24, 2.45) is 5.92 Å². The van der Waals surface area contributed by atoms with Crippen molar-refractivity contribution in [1.82, 2.24) is 4.31 Å². The molecule has 1 aromatic rings. The van der Waals surface area contributed by atoms with Gasteiger partial charge < -0.3 is 5.11 Å². The van der Waals surface area contributed by atoms with Gasteiger partial charge in [-0.2, -0.15) is 4.31 Å². The SMILES string of the molecule is O=C(O)C1CCN(S(=O)(=O)c2cccc(Br)c2)C1. The van der Waals surface area contributed by atoms with E-state index in [1.165, 1.54) is 16.4 Å². The highest BCUT2D eigenvalue weighted by molar-refractivity contribution is 9.10. The fraction of sp³-hybridized carbons (Fsp3) is 0.364. The zero-order valence-corrected chi connectivity index (χ0v) is 11.8. The molecule has 7 heteroatoms. The third kappa shape index (κ3) is 2.57. The molecule has 2 rings (SSSR count). The minimum atomic E-state index is -3.59. The van der Waals surface area contributed by atoms with Crippen molar-refractivity contribution < 1.29 is 18.3 Å². The topological polar surface area (TPSA) is 74.7 Å². The van der Waals surface area contributed by atoms with Crippen molar-refractivity contribution in [2.75, 3.05) is 13.1 Å². The predicted molar refractivity (Wildman–Crippen MR) is 68.6 cm³/mol. The van der Waals surface area contributed by atoms with E-state index < -0.39 is 21.9 Å². The van der Waals surface area contributed by atoms with Gasteiger partial charge in [-0.3, -0.25) is 4.79 Å². The normalized spacial score (nSPS) is 21.1. The Morgan fingerprint density at radius 3 is 2.72 bits per heavy atom. The minimum absolute atomic E-state index is 0.0458.